The molecule has 1 aromatic rings. The highest BCUT2D eigenvalue weighted by Crippen LogP contribution is 2.24. The molecule has 0 atom stereocenters. The number of imide groups is 1. The number of aryl methyl sites for hydroxylation is 2. The second-order valence-corrected chi connectivity index (χ2v) is 5.38. The van der Waals surface area contributed by atoms with Crippen molar-refractivity contribution in [2.75, 3.05) is 6.61 Å². The molecule has 2 heterocycles. The van der Waals surface area contributed by atoms with Gasteiger partial charge in [0.05, 0.1) is 19.6 Å². The zero-order valence-corrected chi connectivity index (χ0v) is 13.3. The monoisotopic (exact) mass is 318 g/mol. The lowest BCUT2D eigenvalue weighted by atomic mass is 10.1. The van der Waals surface area contributed by atoms with Crippen LogP contribution >= 0.6 is 0 Å². The third kappa shape index (κ3) is 3.61. The first kappa shape index (κ1) is 16.8. The molecule has 23 heavy (non-hydrogen) atoms. The summed E-state index contributed by atoms with van der Waals surface area (Å²) < 4.78 is 4.66. The van der Waals surface area contributed by atoms with Crippen LogP contribution in [0.5, 0.6) is 0 Å². The number of pyridine rings is 1. The average Bonchev–Trinajstić information content (AvgIpc) is 2.76. The Bertz CT molecular complexity index is 696. The van der Waals surface area contributed by atoms with E-state index in [9.17, 15) is 19.2 Å². The largest absolute Gasteiger partial charge is 0.466 e. The van der Waals surface area contributed by atoms with Crippen LogP contribution in [0, 0.1) is 13.8 Å². The van der Waals surface area contributed by atoms with Crippen molar-refractivity contribution in [2.45, 2.75) is 40.2 Å². The van der Waals surface area contributed by atoms with Crippen molar-refractivity contribution in [3.8, 4) is 0 Å². The minimum atomic E-state index is -0.672. The molecule has 1 aliphatic heterocycles. The summed E-state index contributed by atoms with van der Waals surface area (Å²) in [6.07, 6.45) is -0.971. The van der Waals surface area contributed by atoms with Gasteiger partial charge in [-0.3, -0.25) is 24.1 Å². The van der Waals surface area contributed by atoms with E-state index in [-0.39, 0.29) is 18.8 Å². The summed E-state index contributed by atoms with van der Waals surface area (Å²) in [6, 6.07) is 1.82. The molecular formula is C16H18N2O5. The number of aromatic nitrogens is 1. The van der Waals surface area contributed by atoms with Crippen molar-refractivity contribution in [3.63, 3.8) is 0 Å². The molecule has 0 unspecified atom stereocenters. The maximum atomic E-state index is 12.2. The summed E-state index contributed by atoms with van der Waals surface area (Å²) in [5.74, 6) is -2.37. The fourth-order valence-corrected chi connectivity index (χ4v) is 2.34. The molecule has 2 rings (SSSR count). The molecule has 0 N–H and O–H groups in total. The molecule has 122 valence electrons. The number of nitrogens with zero attached hydrogens (tertiary/aromatic N) is 2. The predicted molar refractivity (Wildman–Crippen MR) is 79.5 cm³/mol. The van der Waals surface area contributed by atoms with Crippen molar-refractivity contribution in [1.29, 1.82) is 0 Å². The minimum Gasteiger partial charge on any atom is -0.466 e. The summed E-state index contributed by atoms with van der Waals surface area (Å²) >= 11 is 0. The van der Waals surface area contributed by atoms with E-state index in [0.717, 1.165) is 16.2 Å². The van der Waals surface area contributed by atoms with Crippen molar-refractivity contribution in [2.24, 2.45) is 0 Å². The number of Topliss-reactive ketones (excluding diaryl/α,β-unsaturated/α-hetero) is 1. The van der Waals surface area contributed by atoms with Gasteiger partial charge in [-0.1, -0.05) is 6.07 Å². The third-order valence-corrected chi connectivity index (χ3v) is 3.62. The summed E-state index contributed by atoms with van der Waals surface area (Å²) in [7, 11) is 0. The molecule has 1 aliphatic rings. The van der Waals surface area contributed by atoms with Gasteiger partial charge in [0.25, 0.3) is 5.91 Å². The first-order chi connectivity index (χ1) is 10.8. The molecular weight excluding hydrogens is 300 g/mol. The second kappa shape index (κ2) is 6.68. The standard InChI is InChI=1S/C16H18N2O5/c1-4-23-14(21)7-12(19)6-13(20)18-8-11-5-9(2)10(3)17-15(11)16(18)22/h5H,4,6-8H2,1-3H3. The van der Waals surface area contributed by atoms with Crippen LogP contribution in [0.3, 0.4) is 0 Å². The number of fused-ring (bicyclic) bond motifs is 1. The van der Waals surface area contributed by atoms with Gasteiger partial charge in [0, 0.05) is 11.3 Å². The third-order valence-electron chi connectivity index (χ3n) is 3.62. The predicted octanol–water partition coefficient (Wildman–Crippen LogP) is 1.09. The number of carbonyl (C=O) groups is 4. The van der Waals surface area contributed by atoms with Gasteiger partial charge in [-0.25, -0.2) is 4.98 Å². The smallest absolute Gasteiger partial charge is 0.313 e. The minimum absolute atomic E-state index is 0.105. The van der Waals surface area contributed by atoms with Crippen LogP contribution in [0.4, 0.5) is 0 Å². The quantitative estimate of drug-likeness (QED) is 0.596. The Labute approximate surface area is 133 Å². The topological polar surface area (TPSA) is 93.6 Å². The van der Waals surface area contributed by atoms with Crippen LogP contribution in [0.2, 0.25) is 0 Å². The van der Waals surface area contributed by atoms with Crippen LogP contribution in [-0.2, 0) is 25.7 Å². The van der Waals surface area contributed by atoms with Crippen LogP contribution in [0.1, 0.15) is 47.1 Å². The highest BCUT2D eigenvalue weighted by atomic mass is 16.5. The molecule has 0 radical (unpaired) electrons. The van der Waals surface area contributed by atoms with Gasteiger partial charge in [0.1, 0.15) is 12.1 Å². The van der Waals surface area contributed by atoms with E-state index < -0.39 is 36.4 Å². The van der Waals surface area contributed by atoms with Crippen molar-refractivity contribution in [3.05, 3.63) is 28.6 Å². The number of ketones is 1. The average molecular weight is 318 g/mol. The highest BCUT2D eigenvalue weighted by molar-refractivity contribution is 6.12. The van der Waals surface area contributed by atoms with Gasteiger partial charge < -0.3 is 4.74 Å². The fourth-order valence-electron chi connectivity index (χ4n) is 2.34. The number of rotatable bonds is 5. The molecule has 0 saturated heterocycles. The maximum absolute atomic E-state index is 12.2. The Morgan fingerprint density at radius 3 is 2.61 bits per heavy atom. The zero-order valence-electron chi connectivity index (χ0n) is 13.3. The lowest BCUT2D eigenvalue weighted by Crippen LogP contribution is -2.33. The molecule has 1 aromatic heterocycles. The molecule has 7 nitrogen and oxygen atoms in total. The van der Waals surface area contributed by atoms with Gasteiger partial charge in [0.2, 0.25) is 5.91 Å². The van der Waals surface area contributed by atoms with Crippen LogP contribution in [0.25, 0.3) is 0 Å². The normalized spacial score (nSPS) is 13.0. The first-order valence-electron chi connectivity index (χ1n) is 7.32. The van der Waals surface area contributed by atoms with Gasteiger partial charge in [0.15, 0.2) is 5.78 Å². The molecule has 0 saturated carbocycles. The molecule has 0 fully saturated rings. The number of carbonyl (C=O) groups excluding carboxylic acids is 4. The van der Waals surface area contributed by atoms with E-state index in [2.05, 4.69) is 9.72 Å². The molecule has 0 aliphatic carbocycles. The van der Waals surface area contributed by atoms with E-state index in [4.69, 9.17) is 0 Å². The van der Waals surface area contributed by atoms with Crippen molar-refractivity contribution < 1.29 is 23.9 Å². The van der Waals surface area contributed by atoms with Crippen LogP contribution in [-0.4, -0.2) is 40.1 Å². The van der Waals surface area contributed by atoms with Crippen molar-refractivity contribution >= 4 is 23.6 Å². The second-order valence-electron chi connectivity index (χ2n) is 5.38. The van der Waals surface area contributed by atoms with E-state index in [0.29, 0.717) is 5.56 Å². The number of hydrogen-bond donors (Lipinski definition) is 0. The summed E-state index contributed by atoms with van der Waals surface area (Å²) in [4.78, 5) is 52.5. The van der Waals surface area contributed by atoms with Gasteiger partial charge in [-0.2, -0.15) is 0 Å². The zero-order chi connectivity index (χ0) is 17.1. The van der Waals surface area contributed by atoms with Crippen molar-refractivity contribution in [1.82, 2.24) is 9.88 Å². The van der Waals surface area contributed by atoms with E-state index >= 15 is 0 Å². The Morgan fingerprint density at radius 2 is 1.96 bits per heavy atom. The lowest BCUT2D eigenvalue weighted by Gasteiger charge is -2.12. The lowest BCUT2D eigenvalue weighted by molar-refractivity contribution is -0.146. The highest BCUT2D eigenvalue weighted by Gasteiger charge is 2.34. The first-order valence-corrected chi connectivity index (χ1v) is 7.32. The number of ether oxygens (including phenoxy) is 1. The van der Waals surface area contributed by atoms with Crippen LogP contribution < -0.4 is 0 Å². The molecule has 0 spiro atoms. The maximum Gasteiger partial charge on any atom is 0.313 e. The van der Waals surface area contributed by atoms with Crippen LogP contribution in [0.15, 0.2) is 6.07 Å². The Balaban J connectivity index is 2.03. The number of amides is 2. The van der Waals surface area contributed by atoms with E-state index in [1.54, 1.807) is 13.8 Å². The number of hydrogen-bond acceptors (Lipinski definition) is 6. The van der Waals surface area contributed by atoms with Gasteiger partial charge in [-0.15, -0.1) is 0 Å². The van der Waals surface area contributed by atoms with Gasteiger partial charge in [-0.05, 0) is 26.3 Å². The molecule has 0 bridgehead atoms. The summed E-state index contributed by atoms with van der Waals surface area (Å²) in [6.45, 7) is 5.57. The molecule has 7 heteroatoms. The van der Waals surface area contributed by atoms with E-state index in [1.807, 2.05) is 13.0 Å². The van der Waals surface area contributed by atoms with Gasteiger partial charge >= 0.3 is 5.97 Å². The Morgan fingerprint density at radius 1 is 1.26 bits per heavy atom. The number of esters is 1. The molecule has 2 amide bonds. The Kier molecular flexibility index (Phi) is 4.88. The summed E-state index contributed by atoms with van der Waals surface area (Å²) in [5.41, 5.74) is 2.58. The molecule has 0 aromatic carbocycles. The summed E-state index contributed by atoms with van der Waals surface area (Å²) in [5, 5.41) is 0. The van der Waals surface area contributed by atoms with E-state index in [1.165, 1.54) is 0 Å². The Hall–Kier alpha value is -2.57. The fraction of sp³-hybridized carbons (Fsp3) is 0.438. The SMILES string of the molecule is CCOC(=O)CC(=O)CC(=O)N1Cc2cc(C)c(C)nc2C1=O.